The number of pyridine rings is 1. The van der Waals surface area contributed by atoms with Crippen molar-refractivity contribution < 1.29 is 4.79 Å². The maximum absolute atomic E-state index is 12.4. The van der Waals surface area contributed by atoms with Gasteiger partial charge in [-0.15, -0.1) is 11.3 Å². The Morgan fingerprint density at radius 1 is 1.35 bits per heavy atom. The van der Waals surface area contributed by atoms with Gasteiger partial charge >= 0.3 is 0 Å². The summed E-state index contributed by atoms with van der Waals surface area (Å²) in [6.45, 7) is 0. The molecule has 0 unspecified atom stereocenters. The minimum Gasteiger partial charge on any atom is -0.365 e. The number of rotatable bonds is 3. The number of H-pyrrole nitrogens is 1. The quantitative estimate of drug-likeness (QED) is 0.774. The highest BCUT2D eigenvalue weighted by molar-refractivity contribution is 7.12. The van der Waals surface area contributed by atoms with E-state index in [0.29, 0.717) is 16.3 Å². The number of thiophene rings is 1. The fourth-order valence-corrected chi connectivity index (χ4v) is 4.29. The highest BCUT2D eigenvalue weighted by Gasteiger charge is 2.22. The fraction of sp³-hybridized carbons (Fsp3) is 0.294. The van der Waals surface area contributed by atoms with Crippen LogP contribution in [0, 0.1) is 0 Å². The Morgan fingerprint density at radius 2 is 2.13 bits per heavy atom. The van der Waals surface area contributed by atoms with Gasteiger partial charge in [-0.25, -0.2) is 0 Å². The Kier molecular flexibility index (Phi) is 3.34. The third-order valence-corrected chi connectivity index (χ3v) is 5.57. The Hall–Kier alpha value is -2.34. The van der Waals surface area contributed by atoms with Crippen molar-refractivity contribution in [1.82, 2.24) is 9.55 Å². The molecule has 5 nitrogen and oxygen atoms in total. The molecule has 0 atom stereocenters. The van der Waals surface area contributed by atoms with E-state index in [1.807, 2.05) is 11.4 Å². The second-order valence-corrected chi connectivity index (χ2v) is 6.93. The smallest absolute Gasteiger partial charge is 0.258 e. The lowest BCUT2D eigenvalue weighted by Gasteiger charge is -2.12. The third kappa shape index (κ3) is 2.30. The van der Waals surface area contributed by atoms with Crippen molar-refractivity contribution in [2.75, 3.05) is 0 Å². The Labute approximate surface area is 136 Å². The zero-order valence-corrected chi connectivity index (χ0v) is 13.4. The number of carbonyl (C=O) groups excluding carboxylic acids is 1. The molecule has 1 amide bonds. The first kappa shape index (κ1) is 14.3. The number of hydrogen-bond donors (Lipinski definition) is 2. The lowest BCUT2D eigenvalue weighted by atomic mass is 10.1. The lowest BCUT2D eigenvalue weighted by Crippen LogP contribution is -2.08. The van der Waals surface area contributed by atoms with Crippen LogP contribution in [-0.4, -0.2) is 15.5 Å². The van der Waals surface area contributed by atoms with E-state index in [1.54, 1.807) is 12.3 Å². The average molecular weight is 327 g/mol. The molecule has 0 aliphatic heterocycles. The maximum atomic E-state index is 12.4. The summed E-state index contributed by atoms with van der Waals surface area (Å²) in [5.41, 5.74) is 7.97. The van der Waals surface area contributed by atoms with Gasteiger partial charge < -0.3 is 15.3 Å². The summed E-state index contributed by atoms with van der Waals surface area (Å²) in [5, 5.41) is 2.58. The molecule has 3 aromatic rings. The van der Waals surface area contributed by atoms with Crippen molar-refractivity contribution >= 4 is 28.1 Å². The van der Waals surface area contributed by atoms with Gasteiger partial charge in [-0.3, -0.25) is 9.59 Å². The second kappa shape index (κ2) is 5.38. The molecule has 3 aromatic heterocycles. The molecule has 0 saturated heterocycles. The first-order valence-corrected chi connectivity index (χ1v) is 8.64. The molecule has 118 valence electrons. The molecule has 0 aromatic carbocycles. The van der Waals surface area contributed by atoms with E-state index in [1.165, 1.54) is 24.2 Å². The largest absolute Gasteiger partial charge is 0.365 e. The van der Waals surface area contributed by atoms with Crippen molar-refractivity contribution in [2.24, 2.45) is 5.73 Å². The maximum Gasteiger partial charge on any atom is 0.258 e. The summed E-state index contributed by atoms with van der Waals surface area (Å²) < 4.78 is 2.23. The summed E-state index contributed by atoms with van der Waals surface area (Å²) in [5.74, 6) is -0.435. The molecule has 1 aliphatic rings. The molecule has 6 heteroatoms. The molecule has 4 rings (SSSR count). The number of nitrogens with one attached hydrogen (secondary N) is 1. The predicted molar refractivity (Wildman–Crippen MR) is 91.9 cm³/mol. The molecule has 23 heavy (non-hydrogen) atoms. The summed E-state index contributed by atoms with van der Waals surface area (Å²) >= 11 is 1.31. The van der Waals surface area contributed by atoms with Crippen LogP contribution in [0.5, 0.6) is 0 Å². The van der Waals surface area contributed by atoms with E-state index < -0.39 is 5.91 Å². The second-order valence-electron chi connectivity index (χ2n) is 6.02. The fourth-order valence-electron chi connectivity index (χ4n) is 3.53. The van der Waals surface area contributed by atoms with Crippen molar-refractivity contribution in [3.63, 3.8) is 0 Å². The van der Waals surface area contributed by atoms with Crippen molar-refractivity contribution in [3.8, 4) is 11.1 Å². The van der Waals surface area contributed by atoms with Gasteiger partial charge in [0, 0.05) is 24.0 Å². The van der Waals surface area contributed by atoms with Gasteiger partial charge in [-0.1, -0.05) is 12.8 Å². The van der Waals surface area contributed by atoms with Crippen LogP contribution in [0.2, 0.25) is 0 Å². The Bertz CT molecular complexity index is 944. The molecular weight excluding hydrogens is 310 g/mol. The molecule has 1 saturated carbocycles. The van der Waals surface area contributed by atoms with Gasteiger partial charge in [0.25, 0.3) is 11.5 Å². The number of amides is 1. The van der Waals surface area contributed by atoms with Crippen LogP contribution in [0.1, 0.15) is 41.4 Å². The molecule has 3 N–H and O–H groups in total. The summed E-state index contributed by atoms with van der Waals surface area (Å²) in [6.07, 6.45) is 8.50. The van der Waals surface area contributed by atoms with E-state index >= 15 is 0 Å². The van der Waals surface area contributed by atoms with Gasteiger partial charge in [-0.2, -0.15) is 0 Å². The van der Waals surface area contributed by atoms with Crippen molar-refractivity contribution in [2.45, 2.75) is 31.7 Å². The van der Waals surface area contributed by atoms with Crippen LogP contribution in [-0.2, 0) is 0 Å². The third-order valence-electron chi connectivity index (χ3n) is 4.63. The van der Waals surface area contributed by atoms with Gasteiger partial charge in [0.15, 0.2) is 0 Å². The van der Waals surface area contributed by atoms with Gasteiger partial charge in [0.2, 0.25) is 0 Å². The highest BCUT2D eigenvalue weighted by Crippen LogP contribution is 2.37. The number of aromatic nitrogens is 2. The van der Waals surface area contributed by atoms with Crippen LogP contribution in [0.15, 0.2) is 34.7 Å². The minimum atomic E-state index is -0.435. The van der Waals surface area contributed by atoms with Gasteiger partial charge in [0.1, 0.15) is 0 Å². The predicted octanol–water partition coefficient (Wildman–Crippen LogP) is 3.27. The van der Waals surface area contributed by atoms with E-state index in [9.17, 15) is 9.59 Å². The number of primary amides is 1. The molecule has 1 aliphatic carbocycles. The van der Waals surface area contributed by atoms with E-state index in [0.717, 1.165) is 29.5 Å². The molecule has 0 radical (unpaired) electrons. The first-order valence-electron chi connectivity index (χ1n) is 7.76. The van der Waals surface area contributed by atoms with E-state index in [2.05, 4.69) is 15.7 Å². The van der Waals surface area contributed by atoms with Gasteiger partial charge in [0.05, 0.1) is 15.8 Å². The van der Waals surface area contributed by atoms with Crippen molar-refractivity contribution in [3.05, 3.63) is 45.1 Å². The monoisotopic (exact) mass is 327 g/mol. The number of nitrogens with two attached hydrogens (primary N) is 1. The van der Waals surface area contributed by atoms with Crippen LogP contribution < -0.4 is 11.3 Å². The Balaban J connectivity index is 1.95. The summed E-state index contributed by atoms with van der Waals surface area (Å²) in [7, 11) is 0. The molecule has 1 fully saturated rings. The average Bonchev–Trinajstić information content (AvgIpc) is 3.26. The van der Waals surface area contributed by atoms with Crippen molar-refractivity contribution in [1.29, 1.82) is 0 Å². The van der Waals surface area contributed by atoms with Crippen LogP contribution in [0.25, 0.3) is 22.0 Å². The van der Waals surface area contributed by atoms with E-state index in [-0.39, 0.29) is 5.56 Å². The number of fused-ring (bicyclic) bond motifs is 1. The summed E-state index contributed by atoms with van der Waals surface area (Å²) in [4.78, 5) is 27.0. The number of aromatic amines is 1. The topological polar surface area (TPSA) is 80.9 Å². The zero-order chi connectivity index (χ0) is 16.0. The minimum absolute atomic E-state index is 0.0962. The molecule has 0 spiro atoms. The zero-order valence-electron chi connectivity index (χ0n) is 12.5. The molecular formula is C17H17N3O2S. The molecule has 3 heterocycles. The Morgan fingerprint density at radius 3 is 2.83 bits per heavy atom. The molecule has 0 bridgehead atoms. The van der Waals surface area contributed by atoms with Gasteiger partial charge in [-0.05, 0) is 35.9 Å². The lowest BCUT2D eigenvalue weighted by molar-refractivity contribution is 0.100. The first-order chi connectivity index (χ1) is 11.1. The number of carbonyl (C=O) groups is 1. The standard InChI is InChI=1S/C17H17N3O2S/c18-16(21)14-7-10(9-23-14)12-8-20(11-3-1-2-4-11)13-5-6-19-17(22)15(12)13/h5-9,11H,1-4H2,(H2,18,21)(H,19,22). The van der Waals surface area contributed by atoms with Crippen LogP contribution in [0.3, 0.4) is 0 Å². The number of nitrogens with zero attached hydrogens (tertiary/aromatic N) is 1. The highest BCUT2D eigenvalue weighted by atomic mass is 32.1. The SMILES string of the molecule is NC(=O)c1cc(-c2cn(C3CCCC3)c3cc[nH]c(=O)c23)cs1. The summed E-state index contributed by atoms with van der Waals surface area (Å²) in [6, 6.07) is 4.18. The van der Waals surface area contributed by atoms with E-state index in [4.69, 9.17) is 5.73 Å². The normalized spacial score (nSPS) is 15.5. The van der Waals surface area contributed by atoms with Crippen LogP contribution >= 0.6 is 11.3 Å². The number of hydrogen-bond acceptors (Lipinski definition) is 3. The van der Waals surface area contributed by atoms with Crippen LogP contribution in [0.4, 0.5) is 0 Å².